The third-order valence-electron chi connectivity index (χ3n) is 4.71. The highest BCUT2D eigenvalue weighted by Gasteiger charge is 2.38. The molecule has 0 bridgehead atoms. The maximum absolute atomic E-state index is 12.9. The number of halogens is 2. The van der Waals surface area contributed by atoms with Crippen LogP contribution in [-0.4, -0.2) is 81.2 Å². The number of morpholine rings is 1. The number of ether oxygens (including phenoxy) is 1. The molecular formula is C16H23Cl2N3O5S2. The molecular weight excluding hydrogens is 449 g/mol. The summed E-state index contributed by atoms with van der Waals surface area (Å²) in [6.07, 6.45) is -0.375. The fourth-order valence-corrected chi connectivity index (χ4v) is 7.35. The molecule has 0 N–H and O–H groups in total. The normalized spacial score (nSPS) is 26.4. The zero-order valence-electron chi connectivity index (χ0n) is 15.6. The van der Waals surface area contributed by atoms with Crippen molar-refractivity contribution in [3.8, 4) is 0 Å². The molecule has 0 unspecified atom stereocenters. The quantitative estimate of drug-likeness (QED) is 0.665. The Hall–Kier alpha value is -0.460. The van der Waals surface area contributed by atoms with Crippen LogP contribution in [0.5, 0.6) is 0 Å². The molecule has 2 atom stereocenters. The third-order valence-corrected chi connectivity index (χ3v) is 8.99. The summed E-state index contributed by atoms with van der Waals surface area (Å²) >= 11 is 11.8. The minimum Gasteiger partial charge on any atom is -0.373 e. The number of rotatable bonds is 4. The van der Waals surface area contributed by atoms with E-state index in [0.29, 0.717) is 0 Å². The van der Waals surface area contributed by atoms with E-state index in [9.17, 15) is 16.8 Å². The second kappa shape index (κ2) is 8.35. The zero-order chi connectivity index (χ0) is 20.7. The molecule has 0 radical (unpaired) electrons. The molecule has 2 aliphatic heterocycles. The van der Waals surface area contributed by atoms with Crippen molar-refractivity contribution in [1.82, 2.24) is 12.9 Å². The van der Waals surface area contributed by atoms with Gasteiger partial charge in [-0.3, -0.25) is 0 Å². The van der Waals surface area contributed by atoms with Crippen LogP contribution in [0.15, 0.2) is 23.1 Å². The average Bonchev–Trinajstić information content (AvgIpc) is 2.60. The van der Waals surface area contributed by atoms with Crippen molar-refractivity contribution in [3.63, 3.8) is 0 Å². The fourth-order valence-electron chi connectivity index (χ4n) is 3.45. The van der Waals surface area contributed by atoms with Crippen LogP contribution in [0.3, 0.4) is 0 Å². The summed E-state index contributed by atoms with van der Waals surface area (Å²) in [6.45, 7) is 4.50. The Morgan fingerprint density at radius 1 is 0.821 bits per heavy atom. The van der Waals surface area contributed by atoms with E-state index in [1.54, 1.807) is 0 Å². The number of piperazine rings is 1. The van der Waals surface area contributed by atoms with E-state index in [-0.39, 0.29) is 66.4 Å². The average molecular weight is 472 g/mol. The summed E-state index contributed by atoms with van der Waals surface area (Å²) in [5.74, 6) is 0. The fraction of sp³-hybridized carbons (Fsp3) is 0.625. The van der Waals surface area contributed by atoms with Gasteiger partial charge < -0.3 is 4.74 Å². The van der Waals surface area contributed by atoms with Crippen LogP contribution < -0.4 is 0 Å². The van der Waals surface area contributed by atoms with Crippen molar-refractivity contribution in [3.05, 3.63) is 28.2 Å². The van der Waals surface area contributed by atoms with Gasteiger partial charge in [-0.05, 0) is 32.0 Å². The van der Waals surface area contributed by atoms with Gasteiger partial charge in [-0.25, -0.2) is 8.42 Å². The summed E-state index contributed by atoms with van der Waals surface area (Å²) < 4.78 is 61.2. The van der Waals surface area contributed by atoms with Crippen LogP contribution in [0.2, 0.25) is 10.0 Å². The third kappa shape index (κ3) is 4.65. The lowest BCUT2D eigenvalue weighted by atomic mass is 10.3. The lowest BCUT2D eigenvalue weighted by molar-refractivity contribution is -0.0456. The highest BCUT2D eigenvalue weighted by Crippen LogP contribution is 2.26. The van der Waals surface area contributed by atoms with E-state index < -0.39 is 20.2 Å². The van der Waals surface area contributed by atoms with Gasteiger partial charge in [-0.2, -0.15) is 21.3 Å². The lowest BCUT2D eigenvalue weighted by Crippen LogP contribution is -2.57. The number of sulfonamides is 1. The summed E-state index contributed by atoms with van der Waals surface area (Å²) in [4.78, 5) is -0.00265. The van der Waals surface area contributed by atoms with E-state index in [4.69, 9.17) is 27.9 Å². The Morgan fingerprint density at radius 2 is 1.29 bits per heavy atom. The second-order valence-corrected chi connectivity index (χ2v) is 11.7. The summed E-state index contributed by atoms with van der Waals surface area (Å²) in [6, 6.07) is 4.13. The van der Waals surface area contributed by atoms with E-state index in [1.807, 2.05) is 13.8 Å². The monoisotopic (exact) mass is 471 g/mol. The Kier molecular flexibility index (Phi) is 6.63. The first-order chi connectivity index (χ1) is 13.0. The minimum absolute atomic E-state index is 0.00265. The molecule has 0 aromatic heterocycles. The predicted molar refractivity (Wildman–Crippen MR) is 107 cm³/mol. The Balaban J connectivity index is 1.71. The second-order valence-electron chi connectivity index (χ2n) is 6.99. The Bertz CT molecular complexity index is 903. The van der Waals surface area contributed by atoms with Gasteiger partial charge in [-0.1, -0.05) is 23.2 Å². The van der Waals surface area contributed by atoms with Gasteiger partial charge in [0.15, 0.2) is 0 Å². The number of nitrogens with zero attached hydrogens (tertiary/aromatic N) is 3. The van der Waals surface area contributed by atoms with Gasteiger partial charge in [0.05, 0.1) is 17.1 Å². The van der Waals surface area contributed by atoms with Crippen LogP contribution >= 0.6 is 23.2 Å². The van der Waals surface area contributed by atoms with Gasteiger partial charge >= 0.3 is 0 Å². The van der Waals surface area contributed by atoms with Crippen LogP contribution in [0.1, 0.15) is 13.8 Å². The van der Waals surface area contributed by atoms with E-state index in [1.165, 1.54) is 31.1 Å². The first-order valence-electron chi connectivity index (χ1n) is 8.87. The molecule has 0 saturated carbocycles. The van der Waals surface area contributed by atoms with Gasteiger partial charge in [-0.15, -0.1) is 0 Å². The van der Waals surface area contributed by atoms with Gasteiger partial charge in [0.1, 0.15) is 0 Å². The molecule has 8 nitrogen and oxygen atoms in total. The standard InChI is InChI=1S/C16H23Cl2N3O5S2/c1-12-10-21(11-13(2)26-12)28(24,25)20-5-3-19(4-6-20)27(22,23)16-8-14(17)7-15(18)9-16/h7-9,12-13H,3-6,10-11H2,1-2H3/t12-,13-/m1/s1. The van der Waals surface area contributed by atoms with Gasteiger partial charge in [0.25, 0.3) is 10.2 Å². The zero-order valence-corrected chi connectivity index (χ0v) is 18.7. The molecule has 2 heterocycles. The smallest absolute Gasteiger partial charge is 0.282 e. The Labute approximate surface area is 176 Å². The number of hydrogen-bond donors (Lipinski definition) is 0. The molecule has 2 saturated heterocycles. The van der Waals surface area contributed by atoms with Gasteiger partial charge in [0, 0.05) is 49.3 Å². The highest BCUT2D eigenvalue weighted by atomic mass is 35.5. The maximum atomic E-state index is 12.9. The van der Waals surface area contributed by atoms with Crippen molar-refractivity contribution in [1.29, 1.82) is 0 Å². The molecule has 3 rings (SSSR count). The summed E-state index contributed by atoms with van der Waals surface area (Å²) in [7, 11) is -7.48. The first-order valence-corrected chi connectivity index (χ1v) is 12.5. The predicted octanol–water partition coefficient (Wildman–Crippen LogP) is 1.65. The molecule has 12 heteroatoms. The van der Waals surface area contributed by atoms with Crippen molar-refractivity contribution in [2.75, 3.05) is 39.3 Å². The topological polar surface area (TPSA) is 87.2 Å². The molecule has 158 valence electrons. The Morgan fingerprint density at radius 3 is 1.79 bits per heavy atom. The summed E-state index contributed by atoms with van der Waals surface area (Å²) in [5, 5.41) is 0.450. The van der Waals surface area contributed by atoms with Crippen molar-refractivity contribution in [2.24, 2.45) is 0 Å². The highest BCUT2D eigenvalue weighted by molar-refractivity contribution is 7.89. The van der Waals surface area contributed by atoms with Crippen LogP contribution in [0.25, 0.3) is 0 Å². The van der Waals surface area contributed by atoms with Crippen molar-refractivity contribution >= 4 is 43.4 Å². The molecule has 28 heavy (non-hydrogen) atoms. The van der Waals surface area contributed by atoms with Gasteiger partial charge in [0.2, 0.25) is 10.0 Å². The van der Waals surface area contributed by atoms with Crippen LogP contribution in [-0.2, 0) is 25.0 Å². The van der Waals surface area contributed by atoms with Crippen molar-refractivity contribution < 1.29 is 21.6 Å². The molecule has 1 aromatic carbocycles. The molecule has 2 aliphatic rings. The molecule has 2 fully saturated rings. The van der Waals surface area contributed by atoms with Crippen LogP contribution in [0.4, 0.5) is 0 Å². The number of hydrogen-bond acceptors (Lipinski definition) is 5. The largest absolute Gasteiger partial charge is 0.373 e. The van der Waals surface area contributed by atoms with E-state index in [2.05, 4.69) is 0 Å². The maximum Gasteiger partial charge on any atom is 0.282 e. The molecule has 0 spiro atoms. The molecule has 0 aliphatic carbocycles. The summed E-state index contributed by atoms with van der Waals surface area (Å²) in [5.41, 5.74) is 0. The number of benzene rings is 1. The molecule has 0 amide bonds. The van der Waals surface area contributed by atoms with Crippen LogP contribution in [0, 0.1) is 0 Å². The van der Waals surface area contributed by atoms with Crippen molar-refractivity contribution in [2.45, 2.75) is 31.0 Å². The molecule has 1 aromatic rings. The lowest BCUT2D eigenvalue weighted by Gasteiger charge is -2.40. The van der Waals surface area contributed by atoms with E-state index in [0.717, 1.165) is 0 Å². The SMILES string of the molecule is C[C@@H]1CN(S(=O)(=O)N2CCN(S(=O)(=O)c3cc(Cl)cc(Cl)c3)CC2)C[C@@H](C)O1. The first kappa shape index (κ1) is 22.2. The van der Waals surface area contributed by atoms with E-state index >= 15 is 0 Å². The minimum atomic E-state index is -3.81.